The minimum Gasteiger partial charge on any atom is -0.409 e. The molecule has 0 saturated heterocycles. The Morgan fingerprint density at radius 1 is 1.32 bits per heavy atom. The van der Waals surface area contributed by atoms with Gasteiger partial charge in [0.2, 0.25) is 0 Å². The maximum atomic E-state index is 8.84. The van der Waals surface area contributed by atoms with Crippen LogP contribution in [-0.2, 0) is 0 Å². The number of halogens is 1. The number of para-hydroxylation sites is 1. The zero-order chi connectivity index (χ0) is 13.8. The van der Waals surface area contributed by atoms with Crippen molar-refractivity contribution in [3.63, 3.8) is 0 Å². The predicted octanol–water partition coefficient (Wildman–Crippen LogP) is 2.71. The highest BCUT2D eigenvalue weighted by Crippen LogP contribution is 2.31. The van der Waals surface area contributed by atoms with Crippen molar-refractivity contribution in [3.05, 3.63) is 52.8 Å². The Balaban J connectivity index is 2.51. The smallest absolute Gasteiger partial charge is 0.172 e. The monoisotopic (exact) mass is 320 g/mol. The van der Waals surface area contributed by atoms with E-state index in [2.05, 4.69) is 26.1 Å². The molecule has 0 aliphatic rings. The molecular formula is C13H13BrN4O. The molecule has 5 nitrogen and oxygen atoms in total. The third-order valence-corrected chi connectivity index (χ3v) is 3.37. The van der Waals surface area contributed by atoms with E-state index in [0.717, 1.165) is 15.8 Å². The summed E-state index contributed by atoms with van der Waals surface area (Å²) in [5, 5.41) is 11.9. The van der Waals surface area contributed by atoms with E-state index in [1.165, 1.54) is 0 Å². The minimum atomic E-state index is 0.0765. The van der Waals surface area contributed by atoms with Crippen molar-refractivity contribution in [2.45, 2.75) is 0 Å². The molecule has 1 aromatic heterocycles. The van der Waals surface area contributed by atoms with E-state index in [1.807, 2.05) is 36.2 Å². The Bertz CT molecular complexity index is 615. The maximum Gasteiger partial charge on any atom is 0.172 e. The van der Waals surface area contributed by atoms with Gasteiger partial charge in [-0.3, -0.25) is 4.98 Å². The Hall–Kier alpha value is -2.08. The molecule has 2 aromatic rings. The molecule has 3 N–H and O–H groups in total. The SMILES string of the molecule is CN(c1ccncc1Br)c1ccccc1/C(N)=N/O. The number of rotatable bonds is 3. The van der Waals surface area contributed by atoms with Crippen molar-refractivity contribution in [2.24, 2.45) is 10.9 Å². The van der Waals surface area contributed by atoms with E-state index in [9.17, 15) is 0 Å². The molecule has 0 radical (unpaired) electrons. The molecule has 1 aromatic carbocycles. The zero-order valence-corrected chi connectivity index (χ0v) is 11.9. The van der Waals surface area contributed by atoms with Crippen LogP contribution in [-0.4, -0.2) is 23.1 Å². The lowest BCUT2D eigenvalue weighted by molar-refractivity contribution is 0.318. The largest absolute Gasteiger partial charge is 0.409 e. The molecule has 0 amide bonds. The number of oxime groups is 1. The second kappa shape index (κ2) is 5.71. The first-order chi connectivity index (χ1) is 9.15. The summed E-state index contributed by atoms with van der Waals surface area (Å²) in [5.41, 5.74) is 8.14. The first-order valence-corrected chi connectivity index (χ1v) is 6.34. The summed E-state index contributed by atoms with van der Waals surface area (Å²) in [6.07, 6.45) is 3.43. The molecule has 0 atom stereocenters. The quantitative estimate of drug-likeness (QED) is 0.394. The Morgan fingerprint density at radius 3 is 2.74 bits per heavy atom. The summed E-state index contributed by atoms with van der Waals surface area (Å²) in [6.45, 7) is 0. The topological polar surface area (TPSA) is 74.7 Å². The number of hydrogen-bond acceptors (Lipinski definition) is 4. The average Bonchev–Trinajstić information content (AvgIpc) is 2.46. The molecule has 6 heteroatoms. The number of nitrogens with zero attached hydrogens (tertiary/aromatic N) is 3. The van der Waals surface area contributed by atoms with E-state index in [-0.39, 0.29) is 5.84 Å². The van der Waals surface area contributed by atoms with Gasteiger partial charge in [-0.25, -0.2) is 0 Å². The van der Waals surface area contributed by atoms with Crippen LogP contribution in [0.1, 0.15) is 5.56 Å². The van der Waals surface area contributed by atoms with Gasteiger partial charge in [0.15, 0.2) is 5.84 Å². The van der Waals surface area contributed by atoms with Crippen molar-refractivity contribution in [1.82, 2.24) is 4.98 Å². The molecule has 1 heterocycles. The molecule has 2 rings (SSSR count). The van der Waals surface area contributed by atoms with Gasteiger partial charge in [0.25, 0.3) is 0 Å². The lowest BCUT2D eigenvalue weighted by Crippen LogP contribution is -2.19. The van der Waals surface area contributed by atoms with Crippen LogP contribution in [0.25, 0.3) is 0 Å². The average molecular weight is 321 g/mol. The fourth-order valence-corrected chi connectivity index (χ4v) is 2.32. The van der Waals surface area contributed by atoms with Crippen molar-refractivity contribution in [1.29, 1.82) is 0 Å². The predicted molar refractivity (Wildman–Crippen MR) is 79.0 cm³/mol. The van der Waals surface area contributed by atoms with Gasteiger partial charge >= 0.3 is 0 Å². The van der Waals surface area contributed by atoms with Crippen LogP contribution in [0.15, 0.2) is 52.4 Å². The number of anilines is 2. The Morgan fingerprint density at radius 2 is 2.05 bits per heavy atom. The van der Waals surface area contributed by atoms with Crippen LogP contribution in [0, 0.1) is 0 Å². The van der Waals surface area contributed by atoms with E-state index in [1.54, 1.807) is 18.5 Å². The Kier molecular flexibility index (Phi) is 4.01. The van der Waals surface area contributed by atoms with Crippen molar-refractivity contribution in [3.8, 4) is 0 Å². The third-order valence-electron chi connectivity index (χ3n) is 2.76. The van der Waals surface area contributed by atoms with Gasteiger partial charge in [0.1, 0.15) is 0 Å². The molecule has 98 valence electrons. The maximum absolute atomic E-state index is 8.84. The zero-order valence-electron chi connectivity index (χ0n) is 10.3. The molecular weight excluding hydrogens is 308 g/mol. The number of pyridine rings is 1. The molecule has 0 saturated carbocycles. The highest BCUT2D eigenvalue weighted by Gasteiger charge is 2.13. The second-order valence-electron chi connectivity index (χ2n) is 3.89. The number of benzene rings is 1. The van der Waals surface area contributed by atoms with Gasteiger partial charge in [0, 0.05) is 25.0 Å². The van der Waals surface area contributed by atoms with Gasteiger partial charge in [-0.1, -0.05) is 17.3 Å². The van der Waals surface area contributed by atoms with Crippen LogP contribution in [0.2, 0.25) is 0 Å². The summed E-state index contributed by atoms with van der Waals surface area (Å²) in [7, 11) is 1.91. The van der Waals surface area contributed by atoms with Gasteiger partial charge in [-0.2, -0.15) is 0 Å². The standard InChI is InChI=1S/C13H13BrN4O/c1-18(12-6-7-16-8-10(12)14)11-5-3-2-4-9(11)13(15)17-19/h2-8,19H,1H3,(H2,15,17). The van der Waals surface area contributed by atoms with Crippen LogP contribution in [0.4, 0.5) is 11.4 Å². The van der Waals surface area contributed by atoms with E-state index in [0.29, 0.717) is 5.56 Å². The second-order valence-corrected chi connectivity index (χ2v) is 4.74. The molecule has 0 fully saturated rings. The molecule has 0 bridgehead atoms. The summed E-state index contributed by atoms with van der Waals surface area (Å²) >= 11 is 3.46. The number of aromatic nitrogens is 1. The molecule has 19 heavy (non-hydrogen) atoms. The fraction of sp³-hybridized carbons (Fsp3) is 0.0769. The minimum absolute atomic E-state index is 0.0765. The summed E-state index contributed by atoms with van der Waals surface area (Å²) in [5.74, 6) is 0.0765. The first-order valence-electron chi connectivity index (χ1n) is 5.55. The summed E-state index contributed by atoms with van der Waals surface area (Å²) in [4.78, 5) is 5.98. The van der Waals surface area contributed by atoms with Crippen LogP contribution in [0.5, 0.6) is 0 Å². The van der Waals surface area contributed by atoms with Crippen LogP contribution < -0.4 is 10.6 Å². The molecule has 0 spiro atoms. The van der Waals surface area contributed by atoms with Gasteiger partial charge in [-0.15, -0.1) is 0 Å². The Labute approximate surface area is 119 Å². The van der Waals surface area contributed by atoms with Crippen molar-refractivity contribution >= 4 is 33.1 Å². The van der Waals surface area contributed by atoms with Gasteiger partial charge < -0.3 is 15.8 Å². The fourth-order valence-electron chi connectivity index (χ4n) is 1.81. The number of hydrogen-bond donors (Lipinski definition) is 2. The number of nitrogens with two attached hydrogens (primary N) is 1. The van der Waals surface area contributed by atoms with Crippen LogP contribution >= 0.6 is 15.9 Å². The van der Waals surface area contributed by atoms with Gasteiger partial charge in [0.05, 0.1) is 15.8 Å². The lowest BCUT2D eigenvalue weighted by Gasteiger charge is -2.23. The molecule has 0 aliphatic carbocycles. The normalized spacial score (nSPS) is 11.4. The van der Waals surface area contributed by atoms with Crippen LogP contribution in [0.3, 0.4) is 0 Å². The summed E-state index contributed by atoms with van der Waals surface area (Å²) in [6, 6.07) is 9.32. The molecule has 0 aliphatic heterocycles. The van der Waals surface area contributed by atoms with E-state index in [4.69, 9.17) is 10.9 Å². The number of amidine groups is 1. The van der Waals surface area contributed by atoms with Gasteiger partial charge in [-0.05, 0) is 34.1 Å². The molecule has 0 unspecified atom stereocenters. The lowest BCUT2D eigenvalue weighted by atomic mass is 10.1. The van der Waals surface area contributed by atoms with E-state index < -0.39 is 0 Å². The third kappa shape index (κ3) is 2.68. The summed E-state index contributed by atoms with van der Waals surface area (Å²) < 4.78 is 0.867. The highest BCUT2D eigenvalue weighted by molar-refractivity contribution is 9.10. The first kappa shape index (κ1) is 13.4. The highest BCUT2D eigenvalue weighted by atomic mass is 79.9. The van der Waals surface area contributed by atoms with Crippen molar-refractivity contribution in [2.75, 3.05) is 11.9 Å². The van der Waals surface area contributed by atoms with E-state index >= 15 is 0 Å². The van der Waals surface area contributed by atoms with Crippen molar-refractivity contribution < 1.29 is 5.21 Å².